The molecule has 1 rings (SSSR count). The molecule has 0 aliphatic heterocycles. The Labute approximate surface area is 207 Å². The predicted octanol–water partition coefficient (Wildman–Crippen LogP) is 8.98. The fraction of sp³-hybridized carbons (Fsp3) is 0.793. The highest BCUT2D eigenvalue weighted by Crippen LogP contribution is 2.13. The van der Waals surface area contributed by atoms with Crippen LogP contribution in [0.2, 0.25) is 0 Å². The largest absolute Gasteiger partial charge is 0.328 e. The summed E-state index contributed by atoms with van der Waals surface area (Å²) in [5, 5.41) is 0. The van der Waals surface area contributed by atoms with Gasteiger partial charge >= 0.3 is 0 Å². The topological polar surface area (TPSA) is 0 Å². The van der Waals surface area contributed by atoms with Gasteiger partial charge in [0.25, 0.3) is 0 Å². The predicted molar refractivity (Wildman–Crippen MR) is 146 cm³/mol. The van der Waals surface area contributed by atoms with Crippen molar-refractivity contribution in [2.45, 2.75) is 110 Å². The summed E-state index contributed by atoms with van der Waals surface area (Å²) in [6, 6.07) is 10.2. The van der Waals surface area contributed by atoms with E-state index in [1.807, 2.05) is 32.3 Å². The molecule has 0 spiro atoms. The van der Waals surface area contributed by atoms with Gasteiger partial charge in [-0.3, -0.25) is 0 Å². The maximum absolute atomic E-state index is 6.01. The van der Waals surface area contributed by atoms with E-state index >= 15 is 0 Å². The third kappa shape index (κ3) is 22.6. The Hall–Kier alpha value is -0.570. The fourth-order valence-corrected chi connectivity index (χ4v) is 4.23. The Morgan fingerprint density at radius 1 is 0.562 bits per heavy atom. The molecule has 0 saturated heterocycles. The highest BCUT2D eigenvalue weighted by molar-refractivity contribution is 6.06. The van der Waals surface area contributed by atoms with Crippen molar-refractivity contribution in [3.8, 4) is 0 Å². The van der Waals surface area contributed by atoms with Gasteiger partial charge in [-0.15, -0.1) is 0 Å². The Morgan fingerprint density at radius 2 is 0.969 bits per heavy atom. The van der Waals surface area contributed by atoms with Gasteiger partial charge in [-0.05, 0) is 19.3 Å². The lowest BCUT2D eigenvalue weighted by Crippen LogP contribution is -2.41. The lowest BCUT2D eigenvalue weighted by atomic mass is 10.1. The Morgan fingerprint density at radius 3 is 1.41 bits per heavy atom. The average molecular weight is 469 g/mol. The maximum atomic E-state index is 6.01. The summed E-state index contributed by atoms with van der Waals surface area (Å²) in [7, 11) is 8.73. The fourth-order valence-electron chi connectivity index (χ4n) is 4.10. The van der Waals surface area contributed by atoms with Crippen molar-refractivity contribution in [1.29, 1.82) is 0 Å². The van der Waals surface area contributed by atoms with Crippen molar-refractivity contribution in [3.63, 3.8) is 0 Å². The lowest BCUT2D eigenvalue weighted by molar-refractivity contribution is -0.890. The van der Waals surface area contributed by atoms with Crippen molar-refractivity contribution in [2.24, 2.45) is 0 Å². The van der Waals surface area contributed by atoms with Crippen LogP contribution in [0.25, 0.3) is 0 Å². The number of rotatable bonds is 18. The van der Waals surface area contributed by atoms with Gasteiger partial charge in [0.15, 0.2) is 11.8 Å². The van der Waals surface area contributed by atoms with Crippen molar-refractivity contribution < 1.29 is 8.49 Å². The van der Waals surface area contributed by atoms with Crippen LogP contribution in [-0.4, -0.2) is 49.8 Å². The number of hydrogen-bond acceptors (Lipinski definition) is 0. The van der Waals surface area contributed by atoms with Gasteiger partial charge < -0.3 is 4.48 Å². The van der Waals surface area contributed by atoms with Crippen LogP contribution >= 0.6 is 11.8 Å². The number of unbranched alkanes of at least 4 members (excludes halogenated alkanes) is 12. The molecular formula is C29H57ClN2+2. The van der Waals surface area contributed by atoms with Crippen LogP contribution < -0.4 is 0 Å². The molecule has 0 aromatic heterocycles. The highest BCUT2D eigenvalue weighted by atomic mass is 35.5. The zero-order chi connectivity index (χ0) is 24.1. The number of nitrogens with zero attached hydrogens (tertiary/aromatic N) is 2. The molecule has 0 fully saturated rings. The summed E-state index contributed by atoms with van der Waals surface area (Å²) in [5.41, 5.74) is 1.27. The zero-order valence-electron chi connectivity index (χ0n) is 22.7. The highest BCUT2D eigenvalue weighted by Gasteiger charge is 2.13. The van der Waals surface area contributed by atoms with Crippen LogP contribution in [0.5, 0.6) is 0 Å². The molecule has 0 N–H and O–H groups in total. The minimum absolute atomic E-state index is 0.462. The molecule has 1 aromatic rings. The van der Waals surface area contributed by atoms with Gasteiger partial charge in [0.2, 0.25) is 0 Å². The van der Waals surface area contributed by atoms with Crippen LogP contribution in [0.3, 0.4) is 0 Å². The smallest absolute Gasteiger partial charge is 0.165 e. The van der Waals surface area contributed by atoms with E-state index in [0.717, 1.165) is 6.54 Å². The van der Waals surface area contributed by atoms with Crippen molar-refractivity contribution in [2.75, 3.05) is 41.3 Å². The summed E-state index contributed by atoms with van der Waals surface area (Å²) in [5.74, 6) is 0. The standard InChI is InChI=1S/C20H44N.C9H13ClN/c1-5-7-9-10-11-12-13-14-15-16-17-18-20-21(3,4)19-8-6-2;1-11(2,10)8-9-6-4-3-5-7-9/h5-20H2,1-4H3;3-7H,8H2,1-2H3/q2*+1. The molecular weight excluding hydrogens is 412 g/mol. The van der Waals surface area contributed by atoms with E-state index < -0.39 is 0 Å². The summed E-state index contributed by atoms with van der Waals surface area (Å²) in [4.78, 5) is 0. The molecule has 0 heterocycles. The first-order valence-electron chi connectivity index (χ1n) is 13.6. The van der Waals surface area contributed by atoms with Gasteiger partial charge in [0, 0.05) is 5.56 Å². The molecule has 0 unspecified atom stereocenters. The summed E-state index contributed by atoms with van der Waals surface area (Å²) < 4.78 is 1.69. The average Bonchev–Trinajstić information content (AvgIpc) is 2.73. The van der Waals surface area contributed by atoms with Crippen LogP contribution in [-0.2, 0) is 6.54 Å². The summed E-state index contributed by atoms with van der Waals surface area (Å²) in [6.45, 7) is 8.18. The Bertz CT molecular complexity index is 508. The minimum Gasteiger partial charge on any atom is -0.328 e. The van der Waals surface area contributed by atoms with Crippen molar-refractivity contribution >= 4 is 11.8 Å². The second-order valence-electron chi connectivity index (χ2n) is 10.8. The molecule has 1 aromatic carbocycles. The van der Waals surface area contributed by atoms with E-state index in [0.29, 0.717) is 4.00 Å². The third-order valence-corrected chi connectivity index (χ3v) is 6.25. The maximum Gasteiger partial charge on any atom is 0.165 e. The number of quaternary nitrogens is 2. The minimum atomic E-state index is 0.462. The summed E-state index contributed by atoms with van der Waals surface area (Å²) >= 11 is 6.01. The second-order valence-corrected chi connectivity index (χ2v) is 11.7. The number of benzene rings is 1. The molecule has 188 valence electrons. The first-order chi connectivity index (χ1) is 15.2. The third-order valence-electron chi connectivity index (χ3n) is 6.14. The van der Waals surface area contributed by atoms with Crippen molar-refractivity contribution in [1.82, 2.24) is 0 Å². The monoisotopic (exact) mass is 468 g/mol. The van der Waals surface area contributed by atoms with Crippen LogP contribution in [0.15, 0.2) is 30.3 Å². The van der Waals surface area contributed by atoms with Gasteiger partial charge in [-0.25, -0.2) is 4.00 Å². The molecule has 2 nitrogen and oxygen atoms in total. The zero-order valence-corrected chi connectivity index (χ0v) is 23.4. The van der Waals surface area contributed by atoms with Gasteiger partial charge in [-0.2, -0.15) is 0 Å². The molecule has 0 aliphatic rings. The normalized spacial score (nSPS) is 11.8. The molecule has 32 heavy (non-hydrogen) atoms. The second kappa shape index (κ2) is 19.9. The SMILES string of the molecule is CCCCCCCCCCCCCC[N+](C)(C)CCCC.C[N+](C)(Cl)Cc1ccccc1. The number of halogens is 1. The van der Waals surface area contributed by atoms with E-state index in [-0.39, 0.29) is 0 Å². The summed E-state index contributed by atoms with van der Waals surface area (Å²) in [6.07, 6.45) is 20.2. The van der Waals surface area contributed by atoms with Crippen LogP contribution in [0.1, 0.15) is 109 Å². The molecule has 0 atom stereocenters. The van der Waals surface area contributed by atoms with E-state index in [1.54, 1.807) is 0 Å². The number of hydrogen-bond donors (Lipinski definition) is 0. The van der Waals surface area contributed by atoms with Gasteiger partial charge in [0.1, 0.15) is 6.54 Å². The van der Waals surface area contributed by atoms with E-state index in [9.17, 15) is 0 Å². The van der Waals surface area contributed by atoms with E-state index in [1.165, 1.54) is 113 Å². The Kier molecular flexibility index (Phi) is 19.5. The molecule has 3 heteroatoms. The van der Waals surface area contributed by atoms with E-state index in [4.69, 9.17) is 11.8 Å². The Balaban J connectivity index is 0.000000726. The first kappa shape index (κ1) is 31.4. The van der Waals surface area contributed by atoms with Gasteiger partial charge in [0.05, 0.1) is 41.3 Å². The molecule has 0 saturated carbocycles. The molecule has 0 amide bonds. The quantitative estimate of drug-likeness (QED) is 0.114. The molecule has 0 bridgehead atoms. The first-order valence-corrected chi connectivity index (χ1v) is 13.9. The van der Waals surface area contributed by atoms with E-state index in [2.05, 4.69) is 40.1 Å². The lowest BCUT2D eigenvalue weighted by Gasteiger charge is -2.29. The van der Waals surface area contributed by atoms with Crippen molar-refractivity contribution in [3.05, 3.63) is 35.9 Å². The van der Waals surface area contributed by atoms with Crippen LogP contribution in [0.4, 0.5) is 0 Å². The van der Waals surface area contributed by atoms with Gasteiger partial charge in [-0.1, -0.05) is 115 Å². The molecule has 0 aliphatic carbocycles. The molecule has 0 radical (unpaired) electrons. The van der Waals surface area contributed by atoms with Crippen LogP contribution in [0, 0.1) is 0 Å².